The van der Waals surface area contributed by atoms with Crippen molar-refractivity contribution in [1.29, 1.82) is 0 Å². The zero-order valence-electron chi connectivity index (χ0n) is 8.17. The largest absolute Gasteiger partial charge is 0.396 e. The Morgan fingerprint density at radius 1 is 1.47 bits per heavy atom. The smallest absolute Gasteiger partial charge is 0.129 e. The number of rotatable bonds is 4. The Morgan fingerprint density at radius 3 is 3.07 bits per heavy atom. The quantitative estimate of drug-likeness (QED) is 0.751. The van der Waals surface area contributed by atoms with Gasteiger partial charge in [-0.25, -0.2) is 9.97 Å². The molecule has 2 aromatic heterocycles. The van der Waals surface area contributed by atoms with Crippen molar-refractivity contribution in [2.75, 3.05) is 17.6 Å². The molecule has 0 saturated heterocycles. The van der Waals surface area contributed by atoms with Crippen LogP contribution in [-0.4, -0.2) is 26.3 Å². The van der Waals surface area contributed by atoms with Crippen LogP contribution in [0.2, 0.25) is 0 Å². The Morgan fingerprint density at radius 2 is 2.40 bits per heavy atom. The van der Waals surface area contributed by atoms with Gasteiger partial charge < -0.3 is 11.1 Å². The first-order chi connectivity index (χ1) is 7.34. The zero-order chi connectivity index (χ0) is 10.5. The minimum absolute atomic E-state index is 0.678. The number of hydrogen-bond donors (Lipinski definition) is 2. The molecule has 78 valence electrons. The van der Waals surface area contributed by atoms with Crippen LogP contribution in [-0.2, 0) is 6.54 Å². The summed E-state index contributed by atoms with van der Waals surface area (Å²) in [5.74, 6) is 0.810. The summed E-state index contributed by atoms with van der Waals surface area (Å²) < 4.78 is 1.78. The monoisotopic (exact) mass is 204 g/mol. The van der Waals surface area contributed by atoms with Gasteiger partial charge in [-0.1, -0.05) is 0 Å². The van der Waals surface area contributed by atoms with Crippen LogP contribution >= 0.6 is 0 Å². The molecule has 0 amide bonds. The first kappa shape index (κ1) is 9.45. The highest BCUT2D eigenvalue weighted by Crippen LogP contribution is 1.99. The summed E-state index contributed by atoms with van der Waals surface area (Å²) in [6, 6.07) is 1.82. The van der Waals surface area contributed by atoms with Crippen LogP contribution in [0, 0.1) is 0 Å². The first-order valence-corrected chi connectivity index (χ1v) is 4.62. The Labute approximate surface area is 87.2 Å². The maximum absolute atomic E-state index is 5.54. The number of nitrogens with two attached hydrogens (primary N) is 1. The fourth-order valence-electron chi connectivity index (χ4n) is 1.20. The molecule has 0 radical (unpaired) electrons. The summed E-state index contributed by atoms with van der Waals surface area (Å²) in [6.07, 6.45) is 6.63. The molecule has 0 unspecified atom stereocenters. The van der Waals surface area contributed by atoms with Crippen LogP contribution in [0.15, 0.2) is 31.0 Å². The van der Waals surface area contributed by atoms with Gasteiger partial charge in [0.15, 0.2) is 0 Å². The lowest BCUT2D eigenvalue weighted by atomic mass is 10.5. The molecule has 6 nitrogen and oxygen atoms in total. The molecule has 0 aromatic carbocycles. The van der Waals surface area contributed by atoms with E-state index in [-0.39, 0.29) is 0 Å². The second-order valence-electron chi connectivity index (χ2n) is 3.06. The van der Waals surface area contributed by atoms with Crippen molar-refractivity contribution < 1.29 is 0 Å². The molecule has 0 spiro atoms. The van der Waals surface area contributed by atoms with Gasteiger partial charge in [-0.3, -0.25) is 4.68 Å². The summed E-state index contributed by atoms with van der Waals surface area (Å²) in [5.41, 5.74) is 6.21. The van der Waals surface area contributed by atoms with Crippen molar-refractivity contribution in [1.82, 2.24) is 19.7 Å². The number of nitrogens with zero attached hydrogens (tertiary/aromatic N) is 4. The second-order valence-corrected chi connectivity index (χ2v) is 3.06. The maximum atomic E-state index is 5.54. The Hall–Kier alpha value is -2.11. The summed E-state index contributed by atoms with van der Waals surface area (Å²) in [7, 11) is 0. The molecule has 2 rings (SSSR count). The highest BCUT2D eigenvalue weighted by atomic mass is 15.3. The lowest BCUT2D eigenvalue weighted by Crippen LogP contribution is -2.11. The SMILES string of the molecule is Nc1cnn(CCNc2ccncn2)c1. The van der Waals surface area contributed by atoms with Crippen LogP contribution in [0.25, 0.3) is 0 Å². The summed E-state index contributed by atoms with van der Waals surface area (Å²) in [6.45, 7) is 1.50. The average Bonchev–Trinajstić information content (AvgIpc) is 2.66. The van der Waals surface area contributed by atoms with Gasteiger partial charge in [-0.15, -0.1) is 0 Å². The molecule has 0 aliphatic rings. The van der Waals surface area contributed by atoms with Crippen molar-refractivity contribution in [3.63, 3.8) is 0 Å². The third kappa shape index (κ3) is 2.67. The summed E-state index contributed by atoms with van der Waals surface area (Å²) in [4.78, 5) is 7.87. The minimum atomic E-state index is 0.678. The van der Waals surface area contributed by atoms with Crippen LogP contribution in [0.3, 0.4) is 0 Å². The van der Waals surface area contributed by atoms with Crippen molar-refractivity contribution in [3.05, 3.63) is 31.0 Å². The van der Waals surface area contributed by atoms with E-state index >= 15 is 0 Å². The van der Waals surface area contributed by atoms with Crippen LogP contribution in [0.1, 0.15) is 0 Å². The van der Waals surface area contributed by atoms with Gasteiger partial charge in [0.1, 0.15) is 12.1 Å². The van der Waals surface area contributed by atoms with E-state index in [1.807, 2.05) is 6.07 Å². The van der Waals surface area contributed by atoms with E-state index in [1.54, 1.807) is 23.3 Å². The van der Waals surface area contributed by atoms with E-state index in [1.165, 1.54) is 6.33 Å². The van der Waals surface area contributed by atoms with Gasteiger partial charge in [0, 0.05) is 18.9 Å². The molecule has 0 bridgehead atoms. The minimum Gasteiger partial charge on any atom is -0.396 e. The summed E-state index contributed by atoms with van der Waals surface area (Å²) in [5, 5.41) is 7.22. The van der Waals surface area contributed by atoms with E-state index in [0.29, 0.717) is 5.69 Å². The third-order valence-electron chi connectivity index (χ3n) is 1.88. The molecule has 0 aliphatic carbocycles. The van der Waals surface area contributed by atoms with E-state index in [4.69, 9.17) is 5.73 Å². The predicted octanol–water partition coefficient (Wildman–Crippen LogP) is 0.367. The Kier molecular flexibility index (Phi) is 2.77. The predicted molar refractivity (Wildman–Crippen MR) is 57.2 cm³/mol. The second kappa shape index (κ2) is 4.41. The van der Waals surface area contributed by atoms with Crippen LogP contribution < -0.4 is 11.1 Å². The normalized spacial score (nSPS) is 10.1. The number of aromatic nitrogens is 4. The highest BCUT2D eigenvalue weighted by Gasteiger charge is 1.94. The van der Waals surface area contributed by atoms with E-state index in [0.717, 1.165) is 18.9 Å². The van der Waals surface area contributed by atoms with Crippen LogP contribution in [0.4, 0.5) is 11.5 Å². The fraction of sp³-hybridized carbons (Fsp3) is 0.222. The average molecular weight is 204 g/mol. The standard InChI is InChI=1S/C9H12N6/c10-8-5-14-15(6-8)4-3-12-9-1-2-11-7-13-9/h1-2,5-7H,3-4,10H2,(H,11,12,13). The van der Waals surface area contributed by atoms with E-state index in [2.05, 4.69) is 20.4 Å². The molecule has 0 fully saturated rings. The van der Waals surface area contributed by atoms with Gasteiger partial charge in [0.25, 0.3) is 0 Å². The highest BCUT2D eigenvalue weighted by molar-refractivity contribution is 5.32. The van der Waals surface area contributed by atoms with Crippen molar-refractivity contribution in [2.45, 2.75) is 6.54 Å². The maximum Gasteiger partial charge on any atom is 0.129 e. The lowest BCUT2D eigenvalue weighted by molar-refractivity contribution is 0.637. The number of anilines is 2. The van der Waals surface area contributed by atoms with Gasteiger partial charge in [0.05, 0.1) is 18.4 Å². The molecule has 2 aromatic rings. The zero-order valence-corrected chi connectivity index (χ0v) is 8.17. The Balaban J connectivity index is 1.80. The molecule has 2 heterocycles. The van der Waals surface area contributed by atoms with Gasteiger partial charge in [-0.05, 0) is 6.07 Å². The Bertz CT molecular complexity index is 410. The number of nitrogens with one attached hydrogen (secondary N) is 1. The fourth-order valence-corrected chi connectivity index (χ4v) is 1.20. The topological polar surface area (TPSA) is 81.6 Å². The molecule has 0 saturated carbocycles. The summed E-state index contributed by atoms with van der Waals surface area (Å²) >= 11 is 0. The number of nitrogen functional groups attached to an aromatic ring is 1. The van der Waals surface area contributed by atoms with Gasteiger partial charge in [0.2, 0.25) is 0 Å². The van der Waals surface area contributed by atoms with Crippen molar-refractivity contribution in [2.24, 2.45) is 0 Å². The molecule has 3 N–H and O–H groups in total. The first-order valence-electron chi connectivity index (χ1n) is 4.62. The molecule has 0 aliphatic heterocycles. The third-order valence-corrected chi connectivity index (χ3v) is 1.88. The molecule has 0 atom stereocenters. The van der Waals surface area contributed by atoms with E-state index in [9.17, 15) is 0 Å². The molecule has 15 heavy (non-hydrogen) atoms. The molecular formula is C9H12N6. The van der Waals surface area contributed by atoms with E-state index < -0.39 is 0 Å². The molecular weight excluding hydrogens is 192 g/mol. The van der Waals surface area contributed by atoms with Crippen LogP contribution in [0.5, 0.6) is 0 Å². The van der Waals surface area contributed by atoms with Gasteiger partial charge >= 0.3 is 0 Å². The van der Waals surface area contributed by atoms with Gasteiger partial charge in [-0.2, -0.15) is 5.10 Å². The molecule has 6 heteroatoms. The lowest BCUT2D eigenvalue weighted by Gasteiger charge is -2.04. The number of hydrogen-bond acceptors (Lipinski definition) is 5. The van der Waals surface area contributed by atoms with Crippen molar-refractivity contribution in [3.8, 4) is 0 Å². The van der Waals surface area contributed by atoms with Crippen molar-refractivity contribution >= 4 is 11.5 Å².